The number of pyridine rings is 1. The molecule has 0 spiro atoms. The van der Waals surface area contributed by atoms with Gasteiger partial charge in [-0.2, -0.15) is 0 Å². The number of aromatic nitrogens is 4. The summed E-state index contributed by atoms with van der Waals surface area (Å²) in [6.07, 6.45) is 13.4. The minimum Gasteiger partial charge on any atom is -0.339 e. The number of likely N-dealkylation sites (tertiary alicyclic amines) is 1. The molecule has 1 aliphatic heterocycles. The molecule has 6 nitrogen and oxygen atoms in total. The number of carbonyl (C=O) groups excluding carboxylic acids is 1. The molecule has 3 heterocycles. The summed E-state index contributed by atoms with van der Waals surface area (Å²) in [5.41, 5.74) is 0.987. The molecule has 2 aromatic heterocycles. The Labute approximate surface area is 170 Å². The van der Waals surface area contributed by atoms with Crippen LogP contribution in [0.3, 0.4) is 0 Å². The summed E-state index contributed by atoms with van der Waals surface area (Å²) in [5.74, 6) is 2.33. The highest BCUT2D eigenvalue weighted by Crippen LogP contribution is 2.41. The highest BCUT2D eigenvalue weighted by molar-refractivity contribution is 7.99. The topological polar surface area (TPSA) is 63.9 Å². The fraction of sp³-hybridized carbons (Fsp3) is 0.619. The van der Waals surface area contributed by atoms with Crippen LogP contribution >= 0.6 is 11.8 Å². The molecule has 0 unspecified atom stereocenters. The maximum atomic E-state index is 13.0. The van der Waals surface area contributed by atoms with Gasteiger partial charge in [-0.15, -0.1) is 10.2 Å². The Morgan fingerprint density at radius 2 is 1.96 bits per heavy atom. The van der Waals surface area contributed by atoms with Gasteiger partial charge >= 0.3 is 0 Å². The van der Waals surface area contributed by atoms with Crippen LogP contribution in [0, 0.1) is 5.92 Å². The van der Waals surface area contributed by atoms with E-state index in [4.69, 9.17) is 0 Å². The van der Waals surface area contributed by atoms with Crippen molar-refractivity contribution in [1.82, 2.24) is 24.6 Å². The molecule has 0 N–H and O–H groups in total. The van der Waals surface area contributed by atoms with Crippen molar-refractivity contribution in [3.8, 4) is 11.4 Å². The van der Waals surface area contributed by atoms with E-state index in [1.807, 2.05) is 18.3 Å². The molecule has 0 aromatic carbocycles. The van der Waals surface area contributed by atoms with Gasteiger partial charge in [0.2, 0.25) is 5.91 Å². The first-order valence-electron chi connectivity index (χ1n) is 10.6. The van der Waals surface area contributed by atoms with Gasteiger partial charge in [-0.05, 0) is 56.6 Å². The predicted molar refractivity (Wildman–Crippen MR) is 109 cm³/mol. The molecule has 2 atom stereocenters. The maximum Gasteiger partial charge on any atom is 0.233 e. The quantitative estimate of drug-likeness (QED) is 0.715. The second-order valence-corrected chi connectivity index (χ2v) is 9.22. The summed E-state index contributed by atoms with van der Waals surface area (Å²) in [6, 6.07) is 4.88. The molecule has 5 rings (SSSR count). The fourth-order valence-corrected chi connectivity index (χ4v) is 5.76. The largest absolute Gasteiger partial charge is 0.339 e. The second-order valence-electron chi connectivity index (χ2n) is 8.28. The molecule has 2 aromatic rings. The van der Waals surface area contributed by atoms with Crippen LogP contribution in [0.4, 0.5) is 0 Å². The zero-order valence-electron chi connectivity index (χ0n) is 16.2. The van der Waals surface area contributed by atoms with E-state index >= 15 is 0 Å². The maximum absolute atomic E-state index is 13.0. The van der Waals surface area contributed by atoms with E-state index in [0.717, 1.165) is 48.3 Å². The van der Waals surface area contributed by atoms with E-state index in [0.29, 0.717) is 17.8 Å². The first-order chi connectivity index (χ1) is 13.8. The van der Waals surface area contributed by atoms with Gasteiger partial charge in [0.15, 0.2) is 11.0 Å². The number of hydrogen-bond acceptors (Lipinski definition) is 5. The number of nitrogens with zero attached hydrogens (tertiary/aromatic N) is 5. The summed E-state index contributed by atoms with van der Waals surface area (Å²) >= 11 is 1.55. The lowest BCUT2D eigenvalue weighted by Gasteiger charge is -2.44. The number of rotatable bonds is 5. The van der Waals surface area contributed by atoms with Crippen molar-refractivity contribution in [2.24, 2.45) is 5.92 Å². The average Bonchev–Trinajstić information content (AvgIpc) is 3.51. The zero-order chi connectivity index (χ0) is 18.9. The van der Waals surface area contributed by atoms with Crippen molar-refractivity contribution >= 4 is 17.7 Å². The van der Waals surface area contributed by atoms with Gasteiger partial charge in [0.25, 0.3) is 0 Å². The Morgan fingerprint density at radius 3 is 2.79 bits per heavy atom. The van der Waals surface area contributed by atoms with E-state index in [2.05, 4.69) is 24.6 Å². The van der Waals surface area contributed by atoms with Gasteiger partial charge in [0, 0.05) is 36.6 Å². The monoisotopic (exact) mass is 397 g/mol. The van der Waals surface area contributed by atoms with Gasteiger partial charge in [-0.3, -0.25) is 14.3 Å². The first kappa shape index (κ1) is 18.2. The average molecular weight is 398 g/mol. The number of fused-ring (bicyclic) bond motifs is 1. The number of carbonyl (C=O) groups is 1. The van der Waals surface area contributed by atoms with E-state index in [-0.39, 0.29) is 5.91 Å². The van der Waals surface area contributed by atoms with Gasteiger partial charge in [0.1, 0.15) is 0 Å². The van der Waals surface area contributed by atoms with Crippen molar-refractivity contribution in [3.05, 3.63) is 24.5 Å². The number of amides is 1. The van der Waals surface area contributed by atoms with Crippen molar-refractivity contribution in [1.29, 1.82) is 0 Å². The lowest BCUT2D eigenvalue weighted by molar-refractivity contribution is -0.134. The van der Waals surface area contributed by atoms with Gasteiger partial charge in [-0.25, -0.2) is 0 Å². The third-order valence-electron chi connectivity index (χ3n) is 6.38. The summed E-state index contributed by atoms with van der Waals surface area (Å²) in [7, 11) is 0. The SMILES string of the molecule is O=C(CSc1nnc(-c2cccnc2)n1C1CC1)N1CCC[C@H]2CCCC[C@H]21. The van der Waals surface area contributed by atoms with Crippen LogP contribution in [0.15, 0.2) is 29.7 Å². The third kappa shape index (κ3) is 3.56. The molecule has 2 aliphatic carbocycles. The first-order valence-corrected chi connectivity index (χ1v) is 11.6. The zero-order valence-corrected chi connectivity index (χ0v) is 17.0. The standard InChI is InChI=1S/C21H27N5OS/c27-19(25-12-4-7-15-5-1-2-8-18(15)25)14-28-21-24-23-20(26(21)17-9-10-17)16-6-3-11-22-13-16/h3,6,11,13,15,17-18H,1-2,4-5,7-10,12,14H2/t15-,18-/m1/s1. The molecule has 0 bridgehead atoms. The number of thioether (sulfide) groups is 1. The molecule has 1 amide bonds. The fourth-order valence-electron chi connectivity index (χ4n) is 4.87. The predicted octanol–water partition coefficient (Wildman–Crippen LogP) is 3.95. The van der Waals surface area contributed by atoms with Crippen LogP contribution in [0.1, 0.15) is 57.4 Å². The summed E-state index contributed by atoms with van der Waals surface area (Å²) in [5, 5.41) is 9.73. The lowest BCUT2D eigenvalue weighted by atomic mass is 9.78. The molecule has 148 valence electrons. The van der Waals surface area contributed by atoms with Gasteiger partial charge in [-0.1, -0.05) is 24.6 Å². The molecule has 3 aliphatic rings. The van der Waals surface area contributed by atoms with Crippen molar-refractivity contribution in [3.63, 3.8) is 0 Å². The summed E-state index contributed by atoms with van der Waals surface area (Å²) in [4.78, 5) is 19.4. The highest BCUT2D eigenvalue weighted by atomic mass is 32.2. The summed E-state index contributed by atoms with van der Waals surface area (Å²) in [6.45, 7) is 0.927. The molecule has 1 saturated heterocycles. The minimum absolute atomic E-state index is 0.273. The van der Waals surface area contributed by atoms with Crippen LogP contribution < -0.4 is 0 Å². The Hall–Kier alpha value is -1.89. The molecule has 2 saturated carbocycles. The Kier molecular flexibility index (Phi) is 5.09. The second kappa shape index (κ2) is 7.85. The Morgan fingerprint density at radius 1 is 1.11 bits per heavy atom. The van der Waals surface area contributed by atoms with E-state index in [1.54, 1.807) is 18.0 Å². The smallest absolute Gasteiger partial charge is 0.233 e. The highest BCUT2D eigenvalue weighted by Gasteiger charge is 2.36. The van der Waals surface area contributed by atoms with Crippen LogP contribution in [-0.4, -0.2) is 48.9 Å². The molecule has 0 radical (unpaired) electrons. The van der Waals surface area contributed by atoms with Gasteiger partial charge in [0.05, 0.1) is 5.75 Å². The molecular weight excluding hydrogens is 370 g/mol. The third-order valence-corrected chi connectivity index (χ3v) is 7.31. The van der Waals surface area contributed by atoms with E-state index in [9.17, 15) is 4.79 Å². The van der Waals surface area contributed by atoms with Crippen molar-refractivity contribution < 1.29 is 4.79 Å². The molecule has 7 heteroatoms. The molecular formula is C21H27N5OS. The lowest BCUT2D eigenvalue weighted by Crippen LogP contribution is -2.50. The normalized spacial score (nSPS) is 24.8. The van der Waals surface area contributed by atoms with Crippen LogP contribution in [-0.2, 0) is 4.79 Å². The van der Waals surface area contributed by atoms with Crippen molar-refractivity contribution in [2.75, 3.05) is 12.3 Å². The van der Waals surface area contributed by atoms with Crippen LogP contribution in [0.5, 0.6) is 0 Å². The number of piperidine rings is 1. The molecule has 28 heavy (non-hydrogen) atoms. The molecule has 3 fully saturated rings. The summed E-state index contributed by atoms with van der Waals surface area (Å²) < 4.78 is 2.22. The Balaban J connectivity index is 1.30. The van der Waals surface area contributed by atoms with Crippen LogP contribution in [0.25, 0.3) is 11.4 Å². The number of hydrogen-bond donors (Lipinski definition) is 0. The van der Waals surface area contributed by atoms with E-state index < -0.39 is 0 Å². The van der Waals surface area contributed by atoms with Gasteiger partial charge < -0.3 is 4.90 Å². The van der Waals surface area contributed by atoms with Crippen molar-refractivity contribution in [2.45, 2.75) is 68.6 Å². The van der Waals surface area contributed by atoms with E-state index in [1.165, 1.54) is 32.1 Å². The Bertz CT molecular complexity index is 833. The van der Waals surface area contributed by atoms with Crippen LogP contribution in [0.2, 0.25) is 0 Å². The minimum atomic E-state index is 0.273.